The molecule has 6 heteroatoms. The summed E-state index contributed by atoms with van der Waals surface area (Å²) < 4.78 is 0. The molecule has 0 unspecified atom stereocenters. The van der Waals surface area contributed by atoms with Gasteiger partial charge in [0.05, 0.1) is 0 Å². The Bertz CT molecular complexity index is 355. The lowest BCUT2D eigenvalue weighted by atomic mass is 10.0. The monoisotopic (exact) mass is 288 g/mol. The van der Waals surface area contributed by atoms with Crippen molar-refractivity contribution in [2.75, 3.05) is 12.0 Å². The van der Waals surface area contributed by atoms with Crippen molar-refractivity contribution in [1.82, 2.24) is 10.6 Å². The number of carboxylic acid groups (broad SMARTS) is 1. The van der Waals surface area contributed by atoms with Gasteiger partial charge in [-0.3, -0.25) is 0 Å². The number of carboxylic acids is 1. The summed E-state index contributed by atoms with van der Waals surface area (Å²) in [5, 5.41) is 14.5. The number of carbonyl (C=O) groups is 2. The molecule has 110 valence electrons. The zero-order valence-electron chi connectivity index (χ0n) is 12.2. The average molecular weight is 288 g/mol. The zero-order valence-corrected chi connectivity index (χ0v) is 13.1. The predicted octanol–water partition coefficient (Wildman–Crippen LogP) is 1.93. The van der Waals surface area contributed by atoms with Crippen LogP contribution < -0.4 is 10.6 Å². The molecule has 1 aliphatic rings. The second-order valence-electron chi connectivity index (χ2n) is 6.17. The smallest absolute Gasteiger partial charge is 0.326 e. The van der Waals surface area contributed by atoms with E-state index in [2.05, 4.69) is 38.3 Å². The van der Waals surface area contributed by atoms with E-state index < -0.39 is 18.0 Å². The van der Waals surface area contributed by atoms with E-state index in [4.69, 9.17) is 5.11 Å². The highest BCUT2D eigenvalue weighted by atomic mass is 32.2. The third-order valence-electron chi connectivity index (χ3n) is 4.51. The molecule has 0 heterocycles. The molecule has 1 atom stereocenters. The van der Waals surface area contributed by atoms with Crippen molar-refractivity contribution < 1.29 is 14.7 Å². The molecule has 1 saturated carbocycles. The Morgan fingerprint density at radius 1 is 1.26 bits per heavy atom. The first-order valence-electron chi connectivity index (χ1n) is 6.43. The lowest BCUT2D eigenvalue weighted by Crippen LogP contribution is -2.47. The molecule has 0 aliphatic heterocycles. The van der Waals surface area contributed by atoms with Crippen molar-refractivity contribution in [2.24, 2.45) is 10.8 Å². The molecule has 2 amide bonds. The topological polar surface area (TPSA) is 78.4 Å². The van der Waals surface area contributed by atoms with E-state index in [1.54, 1.807) is 11.8 Å². The minimum absolute atomic E-state index is 0.0440. The third kappa shape index (κ3) is 3.35. The second-order valence-corrected chi connectivity index (χ2v) is 7.15. The quantitative estimate of drug-likeness (QED) is 0.698. The van der Waals surface area contributed by atoms with Crippen LogP contribution in [0, 0.1) is 10.8 Å². The predicted molar refractivity (Wildman–Crippen MR) is 77.4 cm³/mol. The SMILES string of the molecule is CSCC[C@@H](NC(=O)NC1C(C)(C)C1(C)C)C(=O)O. The number of aliphatic carboxylic acids is 1. The number of carbonyl (C=O) groups excluding carboxylic acids is 1. The van der Waals surface area contributed by atoms with Crippen molar-refractivity contribution >= 4 is 23.8 Å². The standard InChI is InChI=1S/C13H24N2O3S/c1-12(2)10(13(12,3)4)15-11(18)14-8(9(16)17)6-7-19-5/h8,10H,6-7H2,1-5H3,(H,16,17)(H2,14,15,18)/t8-/m1/s1. The molecule has 0 radical (unpaired) electrons. The van der Waals surface area contributed by atoms with Crippen molar-refractivity contribution in [3.63, 3.8) is 0 Å². The van der Waals surface area contributed by atoms with Gasteiger partial charge in [0.25, 0.3) is 0 Å². The molecule has 1 aliphatic carbocycles. The first-order valence-corrected chi connectivity index (χ1v) is 7.82. The van der Waals surface area contributed by atoms with E-state index >= 15 is 0 Å². The summed E-state index contributed by atoms with van der Waals surface area (Å²) in [7, 11) is 0. The fraction of sp³-hybridized carbons (Fsp3) is 0.846. The van der Waals surface area contributed by atoms with Crippen molar-refractivity contribution in [1.29, 1.82) is 0 Å². The van der Waals surface area contributed by atoms with Gasteiger partial charge in [-0.1, -0.05) is 27.7 Å². The van der Waals surface area contributed by atoms with Crippen LogP contribution in [-0.4, -0.2) is 41.2 Å². The summed E-state index contributed by atoms with van der Waals surface area (Å²) in [5.41, 5.74) is 0.0880. The molecular weight excluding hydrogens is 264 g/mol. The number of thioether (sulfide) groups is 1. The van der Waals surface area contributed by atoms with Gasteiger partial charge in [-0.2, -0.15) is 11.8 Å². The van der Waals surface area contributed by atoms with Crippen LogP contribution >= 0.6 is 11.8 Å². The molecule has 1 fully saturated rings. The number of urea groups is 1. The summed E-state index contributed by atoms with van der Waals surface area (Å²) in [4.78, 5) is 22.9. The maximum atomic E-state index is 11.9. The van der Waals surface area contributed by atoms with Gasteiger partial charge in [0.15, 0.2) is 0 Å². The minimum Gasteiger partial charge on any atom is -0.480 e. The maximum absolute atomic E-state index is 11.9. The van der Waals surface area contributed by atoms with E-state index in [1.165, 1.54) is 0 Å². The highest BCUT2D eigenvalue weighted by Crippen LogP contribution is 2.62. The van der Waals surface area contributed by atoms with E-state index in [1.807, 2.05) is 6.26 Å². The Morgan fingerprint density at radius 2 is 1.79 bits per heavy atom. The summed E-state index contributed by atoms with van der Waals surface area (Å²) in [6.45, 7) is 8.39. The van der Waals surface area contributed by atoms with E-state index in [0.717, 1.165) is 0 Å². The summed E-state index contributed by atoms with van der Waals surface area (Å²) >= 11 is 1.57. The van der Waals surface area contributed by atoms with Crippen LogP contribution in [0.4, 0.5) is 4.79 Å². The van der Waals surface area contributed by atoms with Gasteiger partial charge in [-0.25, -0.2) is 9.59 Å². The number of amides is 2. The summed E-state index contributed by atoms with van der Waals surface area (Å²) in [5.74, 6) is -0.281. The van der Waals surface area contributed by atoms with Crippen LogP contribution in [0.1, 0.15) is 34.1 Å². The number of hydrogen-bond acceptors (Lipinski definition) is 3. The fourth-order valence-corrected chi connectivity index (χ4v) is 2.85. The Morgan fingerprint density at radius 3 is 2.16 bits per heavy atom. The molecular formula is C13H24N2O3S. The molecule has 3 N–H and O–H groups in total. The highest BCUT2D eigenvalue weighted by Gasteiger charge is 2.65. The Hall–Kier alpha value is -0.910. The fourth-order valence-electron chi connectivity index (χ4n) is 2.38. The van der Waals surface area contributed by atoms with Crippen LogP contribution in [0.3, 0.4) is 0 Å². The highest BCUT2D eigenvalue weighted by molar-refractivity contribution is 7.98. The normalized spacial score (nSPS) is 21.5. The first-order chi connectivity index (χ1) is 8.64. The minimum atomic E-state index is -0.987. The van der Waals surface area contributed by atoms with Crippen LogP contribution in [0.5, 0.6) is 0 Å². The van der Waals surface area contributed by atoms with Gasteiger partial charge >= 0.3 is 12.0 Å². The maximum Gasteiger partial charge on any atom is 0.326 e. The van der Waals surface area contributed by atoms with Gasteiger partial charge in [-0.05, 0) is 29.3 Å². The number of nitrogens with one attached hydrogen (secondary N) is 2. The van der Waals surface area contributed by atoms with Crippen molar-refractivity contribution in [2.45, 2.75) is 46.2 Å². The van der Waals surface area contributed by atoms with E-state index in [0.29, 0.717) is 12.2 Å². The van der Waals surface area contributed by atoms with Crippen LogP contribution in [0.25, 0.3) is 0 Å². The van der Waals surface area contributed by atoms with Crippen LogP contribution in [-0.2, 0) is 4.79 Å². The molecule has 0 aromatic carbocycles. The number of hydrogen-bond donors (Lipinski definition) is 3. The van der Waals surface area contributed by atoms with Gasteiger partial charge < -0.3 is 15.7 Å². The average Bonchev–Trinajstić information content (AvgIpc) is 2.66. The Balaban J connectivity index is 2.49. The molecule has 0 aromatic heterocycles. The lowest BCUT2D eigenvalue weighted by Gasteiger charge is -2.15. The Kier molecular flexibility index (Phi) is 4.76. The molecule has 0 aromatic rings. The van der Waals surface area contributed by atoms with Crippen LogP contribution in [0.2, 0.25) is 0 Å². The molecule has 1 rings (SSSR count). The molecule has 0 saturated heterocycles. The Labute approximate surface area is 118 Å². The van der Waals surface area contributed by atoms with E-state index in [9.17, 15) is 9.59 Å². The van der Waals surface area contributed by atoms with E-state index in [-0.39, 0.29) is 16.9 Å². The largest absolute Gasteiger partial charge is 0.480 e. The molecule has 0 bridgehead atoms. The number of rotatable bonds is 6. The van der Waals surface area contributed by atoms with Gasteiger partial charge in [0.1, 0.15) is 6.04 Å². The second kappa shape index (κ2) is 5.61. The van der Waals surface area contributed by atoms with Gasteiger partial charge in [0, 0.05) is 6.04 Å². The van der Waals surface area contributed by atoms with Crippen LogP contribution in [0.15, 0.2) is 0 Å². The van der Waals surface area contributed by atoms with Gasteiger partial charge in [0.2, 0.25) is 0 Å². The summed E-state index contributed by atoms with van der Waals surface area (Å²) in [6, 6.07) is -1.13. The molecule has 5 nitrogen and oxygen atoms in total. The third-order valence-corrected chi connectivity index (χ3v) is 5.15. The summed E-state index contributed by atoms with van der Waals surface area (Å²) in [6.07, 6.45) is 2.34. The first kappa shape index (κ1) is 16.1. The zero-order chi connectivity index (χ0) is 14.8. The lowest BCUT2D eigenvalue weighted by molar-refractivity contribution is -0.139. The van der Waals surface area contributed by atoms with Gasteiger partial charge in [-0.15, -0.1) is 0 Å². The molecule has 0 spiro atoms. The molecule has 19 heavy (non-hydrogen) atoms. The van der Waals surface area contributed by atoms with Crippen molar-refractivity contribution in [3.05, 3.63) is 0 Å². The van der Waals surface area contributed by atoms with Crippen molar-refractivity contribution in [3.8, 4) is 0 Å².